The lowest BCUT2D eigenvalue weighted by Crippen LogP contribution is -2.14. The molecule has 0 fully saturated rings. The number of carbonyl (C=O) groups excluding carboxylic acids is 1. The van der Waals surface area contributed by atoms with Gasteiger partial charge in [-0.2, -0.15) is 0 Å². The molecule has 1 aromatic carbocycles. The Labute approximate surface area is 136 Å². The smallest absolute Gasteiger partial charge is 0.236 e. The quantitative estimate of drug-likeness (QED) is 0.674. The molecule has 0 aliphatic heterocycles. The van der Waals surface area contributed by atoms with Gasteiger partial charge in [0.15, 0.2) is 11.0 Å². The first kappa shape index (κ1) is 15.4. The van der Waals surface area contributed by atoms with Gasteiger partial charge in [0, 0.05) is 12.1 Å². The molecule has 120 valence electrons. The van der Waals surface area contributed by atoms with Crippen LogP contribution in [0.5, 0.6) is 5.75 Å². The third kappa shape index (κ3) is 3.84. The number of aryl methyl sites for hydroxylation is 1. The number of rotatable bonds is 6. The van der Waals surface area contributed by atoms with E-state index in [9.17, 15) is 4.79 Å². The van der Waals surface area contributed by atoms with Crippen LogP contribution in [0.25, 0.3) is 11.0 Å². The van der Waals surface area contributed by atoms with E-state index in [0.29, 0.717) is 23.3 Å². The second-order valence-electron chi connectivity index (χ2n) is 4.81. The van der Waals surface area contributed by atoms with Gasteiger partial charge in [-0.1, -0.05) is 16.9 Å². The molecule has 0 radical (unpaired) electrons. The van der Waals surface area contributed by atoms with Crippen LogP contribution in [0, 0.1) is 6.92 Å². The van der Waals surface area contributed by atoms with Crippen LogP contribution < -0.4 is 10.1 Å². The fraction of sp³-hybridized carbons (Fsp3) is 0.267. The van der Waals surface area contributed by atoms with Crippen LogP contribution in [0.2, 0.25) is 0 Å². The van der Waals surface area contributed by atoms with E-state index in [1.165, 1.54) is 11.8 Å². The maximum absolute atomic E-state index is 11.9. The van der Waals surface area contributed by atoms with Crippen molar-refractivity contribution in [2.75, 3.05) is 17.7 Å². The minimum absolute atomic E-state index is 0.168. The Hall–Kier alpha value is -2.48. The van der Waals surface area contributed by atoms with Crippen LogP contribution in [0.15, 0.2) is 33.9 Å². The topological polar surface area (TPSA) is 93.0 Å². The predicted molar refractivity (Wildman–Crippen MR) is 87.9 cm³/mol. The molecule has 0 atom stereocenters. The summed E-state index contributed by atoms with van der Waals surface area (Å²) in [5, 5.41) is 7.07. The SMILES string of the molecule is CCOc1ccc2nc(SCC(=O)Nc3cc(C)on3)[nH]c2c1. The molecule has 0 spiro atoms. The van der Waals surface area contributed by atoms with Crippen molar-refractivity contribution in [3.05, 3.63) is 30.0 Å². The zero-order valence-electron chi connectivity index (χ0n) is 12.8. The Morgan fingerprint density at radius 3 is 3.04 bits per heavy atom. The van der Waals surface area contributed by atoms with E-state index in [2.05, 4.69) is 20.4 Å². The minimum atomic E-state index is -0.168. The largest absolute Gasteiger partial charge is 0.494 e. The van der Waals surface area contributed by atoms with E-state index < -0.39 is 0 Å². The van der Waals surface area contributed by atoms with Crippen LogP contribution >= 0.6 is 11.8 Å². The number of ether oxygens (including phenoxy) is 1. The number of fused-ring (bicyclic) bond motifs is 1. The number of nitrogens with zero attached hydrogens (tertiary/aromatic N) is 2. The molecule has 3 aromatic rings. The van der Waals surface area contributed by atoms with E-state index in [1.54, 1.807) is 13.0 Å². The summed E-state index contributed by atoms with van der Waals surface area (Å²) >= 11 is 1.32. The van der Waals surface area contributed by atoms with Gasteiger partial charge < -0.3 is 19.6 Å². The highest BCUT2D eigenvalue weighted by atomic mass is 32.2. The van der Waals surface area contributed by atoms with E-state index in [1.807, 2.05) is 25.1 Å². The molecular weight excluding hydrogens is 316 g/mol. The Morgan fingerprint density at radius 2 is 2.30 bits per heavy atom. The van der Waals surface area contributed by atoms with Crippen LogP contribution in [0.4, 0.5) is 5.82 Å². The number of carbonyl (C=O) groups is 1. The maximum Gasteiger partial charge on any atom is 0.236 e. The highest BCUT2D eigenvalue weighted by Gasteiger charge is 2.10. The zero-order valence-corrected chi connectivity index (χ0v) is 13.6. The summed E-state index contributed by atoms with van der Waals surface area (Å²) in [6, 6.07) is 7.33. The molecule has 1 amide bonds. The highest BCUT2D eigenvalue weighted by molar-refractivity contribution is 7.99. The van der Waals surface area contributed by atoms with E-state index in [0.717, 1.165) is 16.8 Å². The standard InChI is InChI=1S/C15H16N4O3S/c1-3-21-10-4-5-11-12(7-10)17-15(16-11)23-8-14(20)18-13-6-9(2)22-19-13/h4-7H,3,8H2,1-2H3,(H,16,17)(H,18,19,20). The molecule has 2 aromatic heterocycles. The van der Waals surface area contributed by atoms with Crippen molar-refractivity contribution < 1.29 is 14.1 Å². The lowest BCUT2D eigenvalue weighted by molar-refractivity contribution is -0.113. The number of H-pyrrole nitrogens is 1. The highest BCUT2D eigenvalue weighted by Crippen LogP contribution is 2.23. The first-order valence-electron chi connectivity index (χ1n) is 7.12. The van der Waals surface area contributed by atoms with Gasteiger partial charge in [0.1, 0.15) is 11.5 Å². The van der Waals surface area contributed by atoms with Crippen LogP contribution in [0.1, 0.15) is 12.7 Å². The molecule has 23 heavy (non-hydrogen) atoms. The summed E-state index contributed by atoms with van der Waals surface area (Å²) < 4.78 is 10.4. The Morgan fingerprint density at radius 1 is 1.43 bits per heavy atom. The number of aromatic nitrogens is 3. The molecule has 0 saturated heterocycles. The first-order chi connectivity index (χ1) is 11.1. The second-order valence-corrected chi connectivity index (χ2v) is 5.78. The summed E-state index contributed by atoms with van der Waals surface area (Å²) in [4.78, 5) is 19.5. The fourth-order valence-electron chi connectivity index (χ4n) is 2.03. The van der Waals surface area contributed by atoms with E-state index in [-0.39, 0.29) is 11.7 Å². The van der Waals surface area contributed by atoms with Gasteiger partial charge in [0.25, 0.3) is 0 Å². The van der Waals surface area contributed by atoms with Gasteiger partial charge in [-0.25, -0.2) is 4.98 Å². The molecule has 0 aliphatic rings. The van der Waals surface area contributed by atoms with E-state index in [4.69, 9.17) is 9.26 Å². The van der Waals surface area contributed by atoms with Gasteiger partial charge in [-0.05, 0) is 26.0 Å². The number of nitrogens with one attached hydrogen (secondary N) is 2. The molecule has 2 heterocycles. The van der Waals surface area contributed by atoms with Gasteiger partial charge in [-0.3, -0.25) is 4.79 Å². The van der Waals surface area contributed by atoms with Crippen molar-refractivity contribution in [2.45, 2.75) is 19.0 Å². The van der Waals surface area contributed by atoms with Gasteiger partial charge in [-0.15, -0.1) is 0 Å². The summed E-state index contributed by atoms with van der Waals surface area (Å²) in [6.07, 6.45) is 0. The average molecular weight is 332 g/mol. The normalized spacial score (nSPS) is 10.9. The number of anilines is 1. The first-order valence-corrected chi connectivity index (χ1v) is 8.11. The summed E-state index contributed by atoms with van der Waals surface area (Å²) in [5.41, 5.74) is 1.72. The average Bonchev–Trinajstić information content (AvgIpc) is 3.11. The van der Waals surface area contributed by atoms with Crippen molar-refractivity contribution in [3.63, 3.8) is 0 Å². The Kier molecular flexibility index (Phi) is 4.52. The third-order valence-corrected chi connectivity index (χ3v) is 3.85. The molecular formula is C15H16N4O3S. The van der Waals surface area contributed by atoms with Crippen molar-refractivity contribution in [1.29, 1.82) is 0 Å². The number of thioether (sulfide) groups is 1. The summed E-state index contributed by atoms with van der Waals surface area (Å²) in [6.45, 7) is 4.32. The minimum Gasteiger partial charge on any atom is -0.494 e. The molecule has 0 saturated carbocycles. The lowest BCUT2D eigenvalue weighted by Gasteiger charge is -2.00. The number of hydrogen-bond acceptors (Lipinski definition) is 6. The third-order valence-electron chi connectivity index (χ3n) is 2.98. The molecule has 7 nitrogen and oxygen atoms in total. The molecule has 3 rings (SSSR count). The number of aromatic amines is 1. The number of amides is 1. The van der Waals surface area contributed by atoms with Crippen molar-refractivity contribution in [2.24, 2.45) is 0 Å². The monoisotopic (exact) mass is 332 g/mol. The Balaban J connectivity index is 1.61. The van der Waals surface area contributed by atoms with Crippen LogP contribution in [0.3, 0.4) is 0 Å². The predicted octanol–water partition coefficient (Wildman–Crippen LogP) is 2.99. The van der Waals surface area contributed by atoms with Crippen molar-refractivity contribution in [1.82, 2.24) is 15.1 Å². The van der Waals surface area contributed by atoms with Crippen molar-refractivity contribution in [3.8, 4) is 5.75 Å². The fourth-order valence-corrected chi connectivity index (χ4v) is 2.71. The summed E-state index contributed by atoms with van der Waals surface area (Å²) in [7, 11) is 0. The molecule has 8 heteroatoms. The van der Waals surface area contributed by atoms with E-state index >= 15 is 0 Å². The molecule has 0 aliphatic carbocycles. The van der Waals surface area contributed by atoms with Crippen LogP contribution in [-0.2, 0) is 4.79 Å². The van der Waals surface area contributed by atoms with Gasteiger partial charge in [0.05, 0.1) is 23.4 Å². The second kappa shape index (κ2) is 6.74. The Bertz CT molecular complexity index is 827. The van der Waals surface area contributed by atoms with Gasteiger partial charge >= 0.3 is 0 Å². The number of imidazole rings is 1. The molecule has 2 N–H and O–H groups in total. The van der Waals surface area contributed by atoms with Crippen molar-refractivity contribution >= 4 is 34.5 Å². The number of hydrogen-bond donors (Lipinski definition) is 2. The van der Waals surface area contributed by atoms with Crippen LogP contribution in [-0.4, -0.2) is 33.4 Å². The lowest BCUT2D eigenvalue weighted by atomic mass is 10.3. The molecule has 0 unspecified atom stereocenters. The number of benzene rings is 1. The van der Waals surface area contributed by atoms with Gasteiger partial charge in [0.2, 0.25) is 5.91 Å². The molecule has 0 bridgehead atoms. The summed E-state index contributed by atoms with van der Waals surface area (Å²) in [5.74, 6) is 1.91. The maximum atomic E-state index is 11.9. The zero-order chi connectivity index (χ0) is 16.2.